The van der Waals surface area contributed by atoms with Crippen LogP contribution in [0.3, 0.4) is 0 Å². The Bertz CT molecular complexity index is 748. The molecule has 0 aliphatic heterocycles. The number of carbonyl (C=O) groups is 1. The molecule has 2 aromatic rings. The predicted octanol–water partition coefficient (Wildman–Crippen LogP) is 4.41. The first-order valence-corrected chi connectivity index (χ1v) is 7.75. The molecule has 2 N–H and O–H groups in total. The van der Waals surface area contributed by atoms with Crippen LogP contribution in [0.1, 0.15) is 22.4 Å². The first-order valence-electron chi connectivity index (χ1n) is 6.55. The van der Waals surface area contributed by atoms with Crippen LogP contribution in [0.4, 0.5) is 15.5 Å². The van der Waals surface area contributed by atoms with Gasteiger partial charge in [-0.05, 0) is 43.0 Å². The molecule has 0 radical (unpaired) electrons. The van der Waals surface area contributed by atoms with E-state index in [0.717, 1.165) is 24.8 Å². The Hall–Kier alpha value is -2.03. The summed E-state index contributed by atoms with van der Waals surface area (Å²) in [5, 5.41) is 15.9. The molecule has 1 aliphatic carbocycles. The van der Waals surface area contributed by atoms with Crippen molar-refractivity contribution in [2.75, 3.05) is 10.6 Å². The van der Waals surface area contributed by atoms with Crippen molar-refractivity contribution in [3.63, 3.8) is 0 Å². The fourth-order valence-electron chi connectivity index (χ4n) is 2.44. The number of amides is 2. The zero-order chi connectivity index (χ0) is 14.8. The highest BCUT2D eigenvalue weighted by atomic mass is 35.5. The molecule has 6 heteroatoms. The lowest BCUT2D eigenvalue weighted by molar-refractivity contribution is 0.262. The number of thiophene rings is 1. The molecule has 4 nitrogen and oxygen atoms in total. The molecule has 0 fully saturated rings. The highest BCUT2D eigenvalue weighted by molar-refractivity contribution is 7.16. The first kappa shape index (κ1) is 13.9. The van der Waals surface area contributed by atoms with E-state index in [1.165, 1.54) is 16.2 Å². The number of rotatable bonds is 2. The summed E-state index contributed by atoms with van der Waals surface area (Å²) in [5.41, 5.74) is 2.32. The summed E-state index contributed by atoms with van der Waals surface area (Å²) < 4.78 is 0. The highest BCUT2D eigenvalue weighted by Gasteiger charge is 2.23. The molecule has 106 valence electrons. The first-order chi connectivity index (χ1) is 10.2. The largest absolute Gasteiger partial charge is 0.324 e. The second-order valence-electron chi connectivity index (χ2n) is 4.76. The van der Waals surface area contributed by atoms with E-state index in [1.807, 2.05) is 0 Å². The summed E-state index contributed by atoms with van der Waals surface area (Å²) in [7, 11) is 0. The quantitative estimate of drug-likeness (QED) is 0.861. The molecule has 1 aliphatic rings. The van der Waals surface area contributed by atoms with Crippen molar-refractivity contribution in [3.8, 4) is 6.07 Å². The Morgan fingerprint density at radius 2 is 2.19 bits per heavy atom. The summed E-state index contributed by atoms with van der Waals surface area (Å²) in [5.74, 6) is 0. The smallest absolute Gasteiger partial charge is 0.308 e. The molecule has 1 aromatic carbocycles. The van der Waals surface area contributed by atoms with Crippen LogP contribution in [0.2, 0.25) is 5.02 Å². The fraction of sp³-hybridized carbons (Fsp3) is 0.200. The normalized spacial score (nSPS) is 12.6. The van der Waals surface area contributed by atoms with Gasteiger partial charge in [0.25, 0.3) is 0 Å². The van der Waals surface area contributed by atoms with Crippen LogP contribution in [0.15, 0.2) is 24.3 Å². The fourth-order valence-corrected chi connectivity index (χ4v) is 3.87. The molecular formula is C15H12ClN3OS. The van der Waals surface area contributed by atoms with E-state index in [2.05, 4.69) is 16.7 Å². The van der Waals surface area contributed by atoms with E-state index in [0.29, 0.717) is 21.3 Å². The monoisotopic (exact) mass is 317 g/mol. The van der Waals surface area contributed by atoms with E-state index < -0.39 is 0 Å². The maximum atomic E-state index is 12.0. The zero-order valence-corrected chi connectivity index (χ0v) is 12.6. The third-order valence-electron chi connectivity index (χ3n) is 3.34. The number of halogens is 1. The van der Waals surface area contributed by atoms with Gasteiger partial charge in [-0.1, -0.05) is 17.7 Å². The standard InChI is InChI=1S/C15H12ClN3OS/c16-9-3-1-4-10(7-9)18-15(20)19-14-12(8-17)11-5-2-6-13(11)21-14/h1,3-4,7H,2,5-6H2,(H2,18,19,20). The van der Waals surface area contributed by atoms with Gasteiger partial charge in [-0.2, -0.15) is 5.26 Å². The molecule has 0 unspecified atom stereocenters. The van der Waals surface area contributed by atoms with Gasteiger partial charge in [0, 0.05) is 15.6 Å². The summed E-state index contributed by atoms with van der Waals surface area (Å²) >= 11 is 7.37. The maximum Gasteiger partial charge on any atom is 0.324 e. The summed E-state index contributed by atoms with van der Waals surface area (Å²) in [6, 6.07) is 8.76. The van der Waals surface area contributed by atoms with Gasteiger partial charge in [0.2, 0.25) is 0 Å². The van der Waals surface area contributed by atoms with Crippen LogP contribution in [0.25, 0.3) is 0 Å². The van der Waals surface area contributed by atoms with Crippen LogP contribution >= 0.6 is 22.9 Å². The van der Waals surface area contributed by atoms with Gasteiger partial charge < -0.3 is 5.32 Å². The highest BCUT2D eigenvalue weighted by Crippen LogP contribution is 2.38. The summed E-state index contributed by atoms with van der Waals surface area (Å²) in [6.07, 6.45) is 3.00. The van der Waals surface area contributed by atoms with Crippen molar-refractivity contribution in [2.24, 2.45) is 0 Å². The van der Waals surface area contributed by atoms with E-state index in [-0.39, 0.29) is 6.03 Å². The average molecular weight is 318 g/mol. The van der Waals surface area contributed by atoms with Crippen molar-refractivity contribution < 1.29 is 4.79 Å². The van der Waals surface area contributed by atoms with Crippen LogP contribution < -0.4 is 10.6 Å². The Balaban J connectivity index is 1.75. The van der Waals surface area contributed by atoms with Gasteiger partial charge in [0.05, 0.1) is 5.56 Å². The number of nitrogens with zero attached hydrogens (tertiary/aromatic N) is 1. The molecular weight excluding hydrogens is 306 g/mol. The lowest BCUT2D eigenvalue weighted by atomic mass is 10.1. The molecule has 0 saturated carbocycles. The minimum atomic E-state index is -0.367. The number of carbonyl (C=O) groups excluding carboxylic acids is 1. The SMILES string of the molecule is N#Cc1c(NC(=O)Nc2cccc(Cl)c2)sc2c1CCC2. The van der Waals surface area contributed by atoms with Crippen molar-refractivity contribution in [1.29, 1.82) is 5.26 Å². The van der Waals surface area contributed by atoms with Gasteiger partial charge in [0.1, 0.15) is 11.1 Å². The number of benzene rings is 1. The van der Waals surface area contributed by atoms with E-state index in [1.54, 1.807) is 24.3 Å². The topological polar surface area (TPSA) is 64.9 Å². The number of fused-ring (bicyclic) bond motifs is 1. The van der Waals surface area contributed by atoms with Crippen LogP contribution in [0, 0.1) is 11.3 Å². The predicted molar refractivity (Wildman–Crippen MR) is 85.2 cm³/mol. The summed E-state index contributed by atoms with van der Waals surface area (Å²) in [4.78, 5) is 13.2. The van der Waals surface area contributed by atoms with Gasteiger partial charge in [-0.25, -0.2) is 4.79 Å². The van der Waals surface area contributed by atoms with Crippen molar-refractivity contribution in [2.45, 2.75) is 19.3 Å². The number of anilines is 2. The number of urea groups is 1. The average Bonchev–Trinajstić information content (AvgIpc) is 2.98. The van der Waals surface area contributed by atoms with Crippen molar-refractivity contribution in [1.82, 2.24) is 0 Å². The second kappa shape index (κ2) is 5.76. The Kier molecular flexibility index (Phi) is 3.82. The van der Waals surface area contributed by atoms with Crippen molar-refractivity contribution in [3.05, 3.63) is 45.3 Å². The number of hydrogen-bond donors (Lipinski definition) is 2. The van der Waals surface area contributed by atoms with E-state index >= 15 is 0 Å². The molecule has 0 saturated heterocycles. The zero-order valence-electron chi connectivity index (χ0n) is 11.1. The lowest BCUT2D eigenvalue weighted by Gasteiger charge is -2.07. The lowest BCUT2D eigenvalue weighted by Crippen LogP contribution is -2.19. The molecule has 1 heterocycles. The Morgan fingerprint density at radius 1 is 1.33 bits per heavy atom. The van der Waals surface area contributed by atoms with Gasteiger partial charge in [-0.15, -0.1) is 11.3 Å². The van der Waals surface area contributed by atoms with Gasteiger partial charge in [-0.3, -0.25) is 5.32 Å². The molecule has 0 atom stereocenters. The van der Waals surface area contributed by atoms with E-state index in [4.69, 9.17) is 11.6 Å². The van der Waals surface area contributed by atoms with Gasteiger partial charge in [0.15, 0.2) is 0 Å². The third kappa shape index (κ3) is 2.87. The number of nitriles is 1. The molecule has 0 bridgehead atoms. The van der Waals surface area contributed by atoms with Crippen LogP contribution in [-0.4, -0.2) is 6.03 Å². The van der Waals surface area contributed by atoms with E-state index in [9.17, 15) is 10.1 Å². The Labute approximate surface area is 131 Å². The maximum absolute atomic E-state index is 12.0. The van der Waals surface area contributed by atoms with Crippen molar-refractivity contribution >= 4 is 39.7 Å². The second-order valence-corrected chi connectivity index (χ2v) is 6.30. The molecule has 21 heavy (non-hydrogen) atoms. The number of aryl methyl sites for hydroxylation is 1. The Morgan fingerprint density at radius 3 is 2.95 bits per heavy atom. The number of nitrogens with one attached hydrogen (secondary N) is 2. The van der Waals surface area contributed by atoms with Gasteiger partial charge >= 0.3 is 6.03 Å². The molecule has 2 amide bonds. The minimum Gasteiger partial charge on any atom is -0.308 e. The molecule has 3 rings (SSSR count). The molecule has 0 spiro atoms. The summed E-state index contributed by atoms with van der Waals surface area (Å²) in [6.45, 7) is 0. The molecule has 1 aromatic heterocycles. The third-order valence-corrected chi connectivity index (χ3v) is 4.78. The van der Waals surface area contributed by atoms with Crippen LogP contribution in [0.5, 0.6) is 0 Å². The number of hydrogen-bond acceptors (Lipinski definition) is 3. The van der Waals surface area contributed by atoms with Crippen LogP contribution in [-0.2, 0) is 12.8 Å². The minimum absolute atomic E-state index is 0.367.